The number of carbonyl (C=O) groups excluding carboxylic acids is 3. The second-order valence-electron chi connectivity index (χ2n) is 8.30. The number of nitrogens with zero attached hydrogens (tertiary/aromatic N) is 1. The highest BCUT2D eigenvalue weighted by Crippen LogP contribution is 2.44. The number of methoxy groups -OCH3 is 1. The second-order valence-corrected chi connectivity index (χ2v) is 9.22. The summed E-state index contributed by atoms with van der Waals surface area (Å²) in [6.45, 7) is 0.650. The summed E-state index contributed by atoms with van der Waals surface area (Å²) in [6.07, 6.45) is 0.738. The fourth-order valence-corrected chi connectivity index (χ4v) is 5.58. The molecule has 1 aliphatic heterocycles. The number of hydrogen-bond donors (Lipinski definition) is 1. The molecule has 1 saturated heterocycles. The van der Waals surface area contributed by atoms with Crippen LogP contribution in [-0.2, 0) is 14.3 Å². The molecule has 0 spiro atoms. The number of fused-ring (bicyclic) bond motifs is 3. The number of carbonyl (C=O) groups is 3. The van der Waals surface area contributed by atoms with Crippen molar-refractivity contribution in [2.75, 3.05) is 25.6 Å². The van der Waals surface area contributed by atoms with E-state index in [1.165, 1.54) is 23.3 Å². The van der Waals surface area contributed by atoms with E-state index in [2.05, 4.69) is 29.6 Å². The molecule has 0 unspecified atom stereocenters. The van der Waals surface area contributed by atoms with Crippen molar-refractivity contribution in [1.82, 2.24) is 4.90 Å². The number of anilines is 1. The van der Waals surface area contributed by atoms with Gasteiger partial charge in [-0.1, -0.05) is 48.5 Å². The molecule has 2 heterocycles. The molecule has 3 aromatic rings. The molecule has 1 aromatic heterocycles. The number of hydrogen-bond acceptors (Lipinski definition) is 6. The normalized spacial score (nSPS) is 16.6. The van der Waals surface area contributed by atoms with Crippen LogP contribution in [0.5, 0.6) is 0 Å². The van der Waals surface area contributed by atoms with E-state index >= 15 is 0 Å². The van der Waals surface area contributed by atoms with Gasteiger partial charge >= 0.3 is 12.1 Å². The molecule has 8 heteroatoms. The Hall–Kier alpha value is -3.65. The molecule has 2 aliphatic rings. The van der Waals surface area contributed by atoms with Gasteiger partial charge in [0, 0.05) is 12.5 Å². The first-order chi connectivity index (χ1) is 16.6. The van der Waals surface area contributed by atoms with E-state index in [0.717, 1.165) is 22.3 Å². The molecular weight excluding hydrogens is 452 g/mol. The molecule has 0 radical (unpaired) electrons. The van der Waals surface area contributed by atoms with E-state index in [9.17, 15) is 14.4 Å². The highest BCUT2D eigenvalue weighted by atomic mass is 32.1. The maximum Gasteiger partial charge on any atom is 0.410 e. The van der Waals surface area contributed by atoms with Gasteiger partial charge in [-0.3, -0.25) is 9.69 Å². The van der Waals surface area contributed by atoms with Crippen molar-refractivity contribution >= 4 is 35.0 Å². The average Bonchev–Trinajstić information content (AvgIpc) is 3.60. The molecule has 7 nitrogen and oxygen atoms in total. The highest BCUT2D eigenvalue weighted by Gasteiger charge is 2.37. The Morgan fingerprint density at radius 2 is 1.71 bits per heavy atom. The molecule has 5 rings (SSSR count). The Kier molecular flexibility index (Phi) is 6.06. The van der Waals surface area contributed by atoms with Crippen LogP contribution in [0.25, 0.3) is 11.1 Å². The van der Waals surface area contributed by atoms with E-state index < -0.39 is 18.1 Å². The summed E-state index contributed by atoms with van der Waals surface area (Å²) in [5.74, 6) is -0.890. The van der Waals surface area contributed by atoms with Crippen LogP contribution in [0.4, 0.5) is 10.5 Å². The van der Waals surface area contributed by atoms with Crippen LogP contribution in [0.2, 0.25) is 0 Å². The molecule has 34 heavy (non-hydrogen) atoms. The van der Waals surface area contributed by atoms with Crippen molar-refractivity contribution in [2.24, 2.45) is 0 Å². The number of benzene rings is 2. The van der Waals surface area contributed by atoms with Gasteiger partial charge in [0.1, 0.15) is 17.5 Å². The summed E-state index contributed by atoms with van der Waals surface area (Å²) < 4.78 is 10.5. The van der Waals surface area contributed by atoms with Gasteiger partial charge < -0.3 is 14.8 Å². The van der Waals surface area contributed by atoms with Crippen LogP contribution in [0, 0.1) is 0 Å². The SMILES string of the molecule is COC(=O)c1sccc1NC(=O)[C@H]1CCCN1C(=O)OCC1c2ccccc2-c2ccccc21. The number of thiophene rings is 1. The maximum absolute atomic E-state index is 13.0. The molecule has 1 atom stereocenters. The minimum absolute atomic E-state index is 0.0420. The molecule has 2 amide bonds. The van der Waals surface area contributed by atoms with E-state index in [-0.39, 0.29) is 18.4 Å². The van der Waals surface area contributed by atoms with Gasteiger partial charge in [-0.15, -0.1) is 11.3 Å². The first-order valence-electron chi connectivity index (χ1n) is 11.2. The summed E-state index contributed by atoms with van der Waals surface area (Å²) in [7, 11) is 1.30. The molecule has 1 aliphatic carbocycles. The zero-order valence-corrected chi connectivity index (χ0v) is 19.5. The number of esters is 1. The fourth-order valence-electron chi connectivity index (χ4n) is 4.81. The number of rotatable bonds is 5. The third-order valence-corrected chi connectivity index (χ3v) is 7.31. The zero-order chi connectivity index (χ0) is 23.7. The van der Waals surface area contributed by atoms with Crippen LogP contribution in [-0.4, -0.2) is 49.2 Å². The number of likely N-dealkylation sites (tertiary alicyclic amines) is 1. The summed E-state index contributed by atoms with van der Waals surface area (Å²) in [5.41, 5.74) is 4.99. The smallest absolute Gasteiger partial charge is 0.410 e. The molecular formula is C26H24N2O5S. The van der Waals surface area contributed by atoms with Gasteiger partial charge in [-0.25, -0.2) is 9.59 Å². The van der Waals surface area contributed by atoms with Gasteiger partial charge in [0.15, 0.2) is 0 Å². The summed E-state index contributed by atoms with van der Waals surface area (Å²) in [5, 5.41) is 4.49. The number of amides is 2. The Bertz CT molecular complexity index is 1210. The molecule has 0 bridgehead atoms. The van der Waals surface area contributed by atoms with Gasteiger partial charge in [0.2, 0.25) is 5.91 Å². The van der Waals surface area contributed by atoms with Crippen LogP contribution in [0.3, 0.4) is 0 Å². The van der Waals surface area contributed by atoms with Crippen molar-refractivity contribution in [3.05, 3.63) is 76.0 Å². The number of ether oxygens (including phenoxy) is 2. The Morgan fingerprint density at radius 1 is 1.03 bits per heavy atom. The van der Waals surface area contributed by atoms with Crippen molar-refractivity contribution in [2.45, 2.75) is 24.8 Å². The predicted octanol–water partition coefficient (Wildman–Crippen LogP) is 4.89. The van der Waals surface area contributed by atoms with E-state index in [1.807, 2.05) is 24.3 Å². The lowest BCUT2D eigenvalue weighted by molar-refractivity contribution is -0.120. The topological polar surface area (TPSA) is 84.9 Å². The van der Waals surface area contributed by atoms with Crippen molar-refractivity contribution in [1.29, 1.82) is 0 Å². The quantitative estimate of drug-likeness (QED) is 0.530. The molecule has 1 fully saturated rings. The zero-order valence-electron chi connectivity index (χ0n) is 18.7. The van der Waals surface area contributed by atoms with Gasteiger partial charge in [-0.2, -0.15) is 0 Å². The van der Waals surface area contributed by atoms with Crippen LogP contribution in [0.15, 0.2) is 60.0 Å². The van der Waals surface area contributed by atoms with E-state index in [4.69, 9.17) is 9.47 Å². The third kappa shape index (κ3) is 3.94. The van der Waals surface area contributed by atoms with Crippen LogP contribution >= 0.6 is 11.3 Å². The average molecular weight is 477 g/mol. The Morgan fingerprint density at radius 3 is 2.38 bits per heavy atom. The maximum atomic E-state index is 13.0. The monoisotopic (exact) mass is 476 g/mol. The summed E-state index contributed by atoms with van der Waals surface area (Å²) >= 11 is 1.19. The minimum Gasteiger partial charge on any atom is -0.465 e. The molecule has 174 valence electrons. The Labute approximate surface area is 201 Å². The molecule has 0 saturated carbocycles. The van der Waals surface area contributed by atoms with Crippen molar-refractivity contribution in [3.8, 4) is 11.1 Å². The lowest BCUT2D eigenvalue weighted by atomic mass is 9.98. The Balaban J connectivity index is 1.27. The standard InChI is InChI=1S/C26H24N2O5S/c1-32-25(30)23-21(12-14-34-23)27-24(29)22-11-6-13-28(22)26(31)33-15-20-18-9-4-2-7-16(18)17-8-3-5-10-19(17)20/h2-5,7-10,12,14,20,22H,6,11,13,15H2,1H3,(H,27,29)/t22-/m1/s1. The lowest BCUT2D eigenvalue weighted by Gasteiger charge is -2.24. The van der Waals surface area contributed by atoms with Crippen molar-refractivity contribution in [3.63, 3.8) is 0 Å². The van der Waals surface area contributed by atoms with Crippen LogP contribution in [0.1, 0.15) is 39.6 Å². The first kappa shape index (κ1) is 22.2. The molecule has 1 N–H and O–H groups in total. The largest absolute Gasteiger partial charge is 0.465 e. The van der Waals surface area contributed by atoms with Crippen LogP contribution < -0.4 is 5.32 Å². The van der Waals surface area contributed by atoms with Gasteiger partial charge in [-0.05, 0) is 46.5 Å². The highest BCUT2D eigenvalue weighted by molar-refractivity contribution is 7.12. The fraction of sp³-hybridized carbons (Fsp3) is 0.269. The number of nitrogens with one attached hydrogen (secondary N) is 1. The van der Waals surface area contributed by atoms with Crippen molar-refractivity contribution < 1.29 is 23.9 Å². The first-order valence-corrected chi connectivity index (χ1v) is 12.0. The predicted molar refractivity (Wildman–Crippen MR) is 129 cm³/mol. The third-order valence-electron chi connectivity index (χ3n) is 6.42. The summed E-state index contributed by atoms with van der Waals surface area (Å²) in [4.78, 5) is 39.7. The minimum atomic E-state index is -0.652. The molecule has 2 aromatic carbocycles. The second kappa shape index (κ2) is 9.30. The van der Waals surface area contributed by atoms with E-state index in [0.29, 0.717) is 30.0 Å². The summed E-state index contributed by atoms with van der Waals surface area (Å²) in [6, 6.07) is 17.3. The van der Waals surface area contributed by atoms with E-state index in [1.54, 1.807) is 11.4 Å². The van der Waals surface area contributed by atoms with Gasteiger partial charge in [0.25, 0.3) is 0 Å². The van der Waals surface area contributed by atoms with Gasteiger partial charge in [0.05, 0.1) is 12.8 Å². The lowest BCUT2D eigenvalue weighted by Crippen LogP contribution is -2.43.